The fourth-order valence-corrected chi connectivity index (χ4v) is 2.05. The highest BCUT2D eigenvalue weighted by Gasteiger charge is 2.17. The molecule has 1 amide bonds. The minimum absolute atomic E-state index is 0.138. The Morgan fingerprint density at radius 2 is 1.58 bits per heavy atom. The predicted molar refractivity (Wildman–Crippen MR) is 92.6 cm³/mol. The zero-order valence-electron chi connectivity index (χ0n) is 14.2. The molecule has 0 aliphatic heterocycles. The number of hydrogen-bond donors (Lipinski definition) is 1. The lowest BCUT2D eigenvalue weighted by atomic mass is 10.3. The van der Waals surface area contributed by atoms with Crippen molar-refractivity contribution >= 4 is 5.91 Å². The number of hydrogen-bond acceptors (Lipinski definition) is 4. The summed E-state index contributed by atoms with van der Waals surface area (Å²) in [5.41, 5.74) is 0. The third kappa shape index (κ3) is 5.50. The minimum atomic E-state index is -0.573. The highest BCUT2D eigenvalue weighted by atomic mass is 16.5. The Balaban J connectivity index is 1.76. The number of amides is 1. The van der Waals surface area contributed by atoms with Gasteiger partial charge in [0.2, 0.25) is 0 Å². The van der Waals surface area contributed by atoms with Crippen LogP contribution in [0.5, 0.6) is 17.2 Å². The van der Waals surface area contributed by atoms with Gasteiger partial charge in [0, 0.05) is 0 Å². The van der Waals surface area contributed by atoms with Gasteiger partial charge in [-0.3, -0.25) is 4.79 Å². The van der Waals surface area contributed by atoms with Crippen molar-refractivity contribution in [1.29, 1.82) is 0 Å². The summed E-state index contributed by atoms with van der Waals surface area (Å²) in [6.45, 7) is 3.98. The number of benzene rings is 2. The summed E-state index contributed by atoms with van der Waals surface area (Å²) < 4.78 is 16.3. The van der Waals surface area contributed by atoms with Gasteiger partial charge in [-0.25, -0.2) is 0 Å². The van der Waals surface area contributed by atoms with E-state index in [2.05, 4.69) is 5.32 Å². The van der Waals surface area contributed by atoms with E-state index in [1.807, 2.05) is 61.5 Å². The highest BCUT2D eigenvalue weighted by molar-refractivity contribution is 5.80. The largest absolute Gasteiger partial charge is 0.497 e. The molecule has 2 aromatic rings. The third-order valence-electron chi connectivity index (χ3n) is 3.37. The Labute approximate surface area is 142 Å². The van der Waals surface area contributed by atoms with E-state index in [4.69, 9.17) is 14.2 Å². The van der Waals surface area contributed by atoms with Crippen LogP contribution in [-0.4, -0.2) is 31.8 Å². The molecular weight excluding hydrogens is 306 g/mol. The van der Waals surface area contributed by atoms with E-state index in [-0.39, 0.29) is 11.9 Å². The quantitative estimate of drug-likeness (QED) is 0.809. The molecule has 0 spiro atoms. The second-order valence-corrected chi connectivity index (χ2v) is 5.47. The molecule has 1 N–H and O–H groups in total. The second kappa shape index (κ2) is 8.82. The standard InChI is InChI=1S/C19H23NO4/c1-14(13-23-17-11-9-16(22-3)10-12-17)20-19(21)15(2)24-18-7-5-4-6-8-18/h4-12,14-15H,13H2,1-3H3,(H,20,21)/t14-,15+/m0/s1. The van der Waals surface area contributed by atoms with Crippen LogP contribution in [0.15, 0.2) is 54.6 Å². The zero-order chi connectivity index (χ0) is 17.4. The molecule has 0 radical (unpaired) electrons. The first kappa shape index (κ1) is 17.7. The van der Waals surface area contributed by atoms with E-state index >= 15 is 0 Å². The van der Waals surface area contributed by atoms with Crippen LogP contribution in [0, 0.1) is 0 Å². The van der Waals surface area contributed by atoms with Crippen molar-refractivity contribution in [3.8, 4) is 17.2 Å². The molecule has 0 fully saturated rings. The van der Waals surface area contributed by atoms with Crippen LogP contribution in [0.3, 0.4) is 0 Å². The van der Waals surface area contributed by atoms with Gasteiger partial charge in [-0.1, -0.05) is 18.2 Å². The normalized spacial score (nSPS) is 12.8. The first-order chi connectivity index (χ1) is 11.6. The Morgan fingerprint density at radius 3 is 2.21 bits per heavy atom. The monoisotopic (exact) mass is 329 g/mol. The topological polar surface area (TPSA) is 56.8 Å². The maximum absolute atomic E-state index is 12.1. The summed E-state index contributed by atoms with van der Waals surface area (Å²) in [6.07, 6.45) is -0.573. The van der Waals surface area contributed by atoms with Gasteiger partial charge in [0.05, 0.1) is 13.2 Å². The Kier molecular flexibility index (Phi) is 6.49. The molecule has 0 heterocycles. The third-order valence-corrected chi connectivity index (χ3v) is 3.37. The van der Waals surface area contributed by atoms with E-state index in [9.17, 15) is 4.79 Å². The van der Waals surface area contributed by atoms with Crippen molar-refractivity contribution in [2.24, 2.45) is 0 Å². The molecule has 0 saturated carbocycles. The molecule has 0 aromatic heterocycles. The number of para-hydroxylation sites is 1. The molecule has 0 unspecified atom stereocenters. The van der Waals surface area contributed by atoms with Crippen LogP contribution in [-0.2, 0) is 4.79 Å². The Hall–Kier alpha value is -2.69. The number of ether oxygens (including phenoxy) is 3. The number of methoxy groups -OCH3 is 1. The first-order valence-corrected chi connectivity index (χ1v) is 7.87. The van der Waals surface area contributed by atoms with Crippen molar-refractivity contribution in [1.82, 2.24) is 5.32 Å². The molecule has 128 valence electrons. The van der Waals surface area contributed by atoms with Crippen LogP contribution in [0.2, 0.25) is 0 Å². The van der Waals surface area contributed by atoms with Crippen molar-refractivity contribution in [2.45, 2.75) is 26.0 Å². The molecule has 5 nitrogen and oxygen atoms in total. The second-order valence-electron chi connectivity index (χ2n) is 5.47. The zero-order valence-corrected chi connectivity index (χ0v) is 14.2. The van der Waals surface area contributed by atoms with Gasteiger partial charge in [-0.05, 0) is 50.2 Å². The van der Waals surface area contributed by atoms with Gasteiger partial charge < -0.3 is 19.5 Å². The van der Waals surface area contributed by atoms with Crippen molar-refractivity contribution in [2.75, 3.05) is 13.7 Å². The molecule has 0 aliphatic rings. The lowest BCUT2D eigenvalue weighted by molar-refractivity contribution is -0.128. The van der Waals surface area contributed by atoms with Crippen LogP contribution in [0.25, 0.3) is 0 Å². The Bertz CT molecular complexity index is 628. The van der Waals surface area contributed by atoms with Gasteiger partial charge in [0.1, 0.15) is 23.9 Å². The Morgan fingerprint density at radius 1 is 0.958 bits per heavy atom. The van der Waals surface area contributed by atoms with E-state index in [1.165, 1.54) is 0 Å². The minimum Gasteiger partial charge on any atom is -0.497 e. The predicted octanol–water partition coefficient (Wildman–Crippen LogP) is 3.05. The van der Waals surface area contributed by atoms with E-state index < -0.39 is 6.10 Å². The van der Waals surface area contributed by atoms with Gasteiger partial charge >= 0.3 is 0 Å². The molecular formula is C19H23NO4. The average Bonchev–Trinajstić information content (AvgIpc) is 2.61. The number of carbonyl (C=O) groups excluding carboxylic acids is 1. The van der Waals surface area contributed by atoms with Crippen LogP contribution in [0.1, 0.15) is 13.8 Å². The maximum atomic E-state index is 12.1. The van der Waals surface area contributed by atoms with Crippen molar-refractivity contribution < 1.29 is 19.0 Å². The molecule has 24 heavy (non-hydrogen) atoms. The van der Waals surface area contributed by atoms with Gasteiger partial charge in [0.25, 0.3) is 5.91 Å². The van der Waals surface area contributed by atoms with E-state index in [0.717, 1.165) is 11.5 Å². The lowest BCUT2D eigenvalue weighted by Crippen LogP contribution is -2.43. The van der Waals surface area contributed by atoms with Crippen molar-refractivity contribution in [3.63, 3.8) is 0 Å². The van der Waals surface area contributed by atoms with Gasteiger partial charge in [-0.2, -0.15) is 0 Å². The number of rotatable bonds is 8. The molecule has 2 aromatic carbocycles. The van der Waals surface area contributed by atoms with Crippen LogP contribution < -0.4 is 19.5 Å². The summed E-state index contributed by atoms with van der Waals surface area (Å²) in [7, 11) is 1.62. The van der Waals surface area contributed by atoms with Gasteiger partial charge in [0.15, 0.2) is 6.10 Å². The lowest BCUT2D eigenvalue weighted by Gasteiger charge is -2.19. The molecule has 2 atom stereocenters. The molecule has 0 bridgehead atoms. The SMILES string of the molecule is COc1ccc(OC[C@H](C)NC(=O)[C@@H](C)Oc2ccccc2)cc1. The summed E-state index contributed by atoms with van der Waals surface area (Å²) in [5, 5.41) is 2.88. The fraction of sp³-hybridized carbons (Fsp3) is 0.316. The summed E-state index contributed by atoms with van der Waals surface area (Å²) in [6, 6.07) is 16.4. The molecule has 0 aliphatic carbocycles. The number of carbonyl (C=O) groups is 1. The molecule has 2 rings (SSSR count). The maximum Gasteiger partial charge on any atom is 0.261 e. The van der Waals surface area contributed by atoms with Crippen LogP contribution in [0.4, 0.5) is 0 Å². The molecule has 5 heteroatoms. The number of nitrogens with one attached hydrogen (secondary N) is 1. The smallest absolute Gasteiger partial charge is 0.261 e. The summed E-state index contributed by atoms with van der Waals surface area (Å²) in [4.78, 5) is 12.1. The van der Waals surface area contributed by atoms with Gasteiger partial charge in [-0.15, -0.1) is 0 Å². The van der Waals surface area contributed by atoms with E-state index in [0.29, 0.717) is 12.4 Å². The summed E-state index contributed by atoms with van der Waals surface area (Å²) >= 11 is 0. The highest BCUT2D eigenvalue weighted by Crippen LogP contribution is 2.17. The summed E-state index contributed by atoms with van der Waals surface area (Å²) in [5.74, 6) is 1.99. The van der Waals surface area contributed by atoms with E-state index in [1.54, 1.807) is 14.0 Å². The average molecular weight is 329 g/mol. The molecule has 0 saturated heterocycles. The first-order valence-electron chi connectivity index (χ1n) is 7.87. The van der Waals surface area contributed by atoms with Crippen LogP contribution >= 0.6 is 0 Å². The van der Waals surface area contributed by atoms with Crippen molar-refractivity contribution in [3.05, 3.63) is 54.6 Å². The fourth-order valence-electron chi connectivity index (χ4n) is 2.05.